The fourth-order valence-corrected chi connectivity index (χ4v) is 1.66. The minimum atomic E-state index is 0.699. The number of carbonyl (C=O) groups is 1. The monoisotopic (exact) mass is 202 g/mol. The molecule has 78 valence electrons. The van der Waals surface area contributed by atoms with Crippen LogP contribution in [-0.2, 0) is 6.42 Å². The highest BCUT2D eigenvalue weighted by Gasteiger charge is 2.03. The van der Waals surface area contributed by atoms with Crippen molar-refractivity contribution >= 4 is 17.3 Å². The van der Waals surface area contributed by atoms with Gasteiger partial charge in [-0.15, -0.1) is 0 Å². The topological polar surface area (TPSA) is 30.2 Å². The van der Waals surface area contributed by atoms with Gasteiger partial charge in [0.05, 0.1) is 0 Å². The molecule has 0 atom stereocenters. The fraction of sp³-hybridized carbons (Fsp3) is 0.308. The van der Waals surface area contributed by atoms with Crippen molar-refractivity contribution in [1.82, 2.24) is 0 Å². The minimum Gasteiger partial charge on any atom is -0.461 e. The van der Waals surface area contributed by atoms with Crippen molar-refractivity contribution in [3.8, 4) is 0 Å². The van der Waals surface area contributed by atoms with Crippen LogP contribution in [0.2, 0.25) is 0 Å². The van der Waals surface area contributed by atoms with Crippen LogP contribution >= 0.6 is 0 Å². The molecule has 0 aliphatic rings. The molecule has 0 fully saturated rings. The van der Waals surface area contributed by atoms with Crippen LogP contribution in [0.4, 0.5) is 0 Å². The third kappa shape index (κ3) is 2.09. The first-order valence-electron chi connectivity index (χ1n) is 5.31. The van der Waals surface area contributed by atoms with Gasteiger partial charge in [-0.3, -0.25) is 4.79 Å². The van der Waals surface area contributed by atoms with Crippen LogP contribution in [0.25, 0.3) is 11.0 Å². The SMILES string of the molecule is CCCCc1cc2cc(C=O)ccc2o1. The molecule has 0 radical (unpaired) electrons. The summed E-state index contributed by atoms with van der Waals surface area (Å²) >= 11 is 0. The van der Waals surface area contributed by atoms with Crippen molar-refractivity contribution in [2.75, 3.05) is 0 Å². The molecule has 0 saturated heterocycles. The second kappa shape index (κ2) is 4.30. The Balaban J connectivity index is 2.33. The van der Waals surface area contributed by atoms with Gasteiger partial charge in [-0.25, -0.2) is 0 Å². The average Bonchev–Trinajstić information content (AvgIpc) is 2.67. The Labute approximate surface area is 88.9 Å². The Hall–Kier alpha value is -1.57. The predicted molar refractivity (Wildman–Crippen MR) is 60.2 cm³/mol. The normalized spacial score (nSPS) is 10.7. The Morgan fingerprint density at radius 2 is 2.20 bits per heavy atom. The standard InChI is InChI=1S/C13H14O2/c1-2-3-4-12-8-11-7-10(9-14)5-6-13(11)15-12/h5-9H,2-4H2,1H3. The molecular formula is C13H14O2. The van der Waals surface area contributed by atoms with Crippen molar-refractivity contribution in [3.05, 3.63) is 35.6 Å². The van der Waals surface area contributed by atoms with Crippen LogP contribution in [0.5, 0.6) is 0 Å². The second-order valence-electron chi connectivity index (χ2n) is 3.73. The summed E-state index contributed by atoms with van der Waals surface area (Å²) in [5, 5.41) is 1.02. The number of fused-ring (bicyclic) bond motifs is 1. The largest absolute Gasteiger partial charge is 0.461 e. The molecule has 2 rings (SSSR count). The van der Waals surface area contributed by atoms with E-state index in [2.05, 4.69) is 6.92 Å². The summed E-state index contributed by atoms with van der Waals surface area (Å²) in [6.07, 6.45) is 4.14. The second-order valence-corrected chi connectivity index (χ2v) is 3.73. The molecule has 2 heteroatoms. The van der Waals surface area contributed by atoms with Gasteiger partial charge in [-0.05, 0) is 30.7 Å². The molecule has 0 saturated carbocycles. The lowest BCUT2D eigenvalue weighted by molar-refractivity contribution is 0.112. The van der Waals surface area contributed by atoms with E-state index < -0.39 is 0 Å². The summed E-state index contributed by atoms with van der Waals surface area (Å²) < 4.78 is 5.65. The first-order valence-corrected chi connectivity index (χ1v) is 5.31. The number of hydrogen-bond donors (Lipinski definition) is 0. The highest BCUT2D eigenvalue weighted by Crippen LogP contribution is 2.21. The molecule has 1 aromatic carbocycles. The van der Waals surface area contributed by atoms with Crippen molar-refractivity contribution in [2.45, 2.75) is 26.2 Å². The van der Waals surface area contributed by atoms with Crippen molar-refractivity contribution in [3.63, 3.8) is 0 Å². The smallest absolute Gasteiger partial charge is 0.150 e. The van der Waals surface area contributed by atoms with Crippen LogP contribution in [-0.4, -0.2) is 6.29 Å². The van der Waals surface area contributed by atoms with Gasteiger partial charge in [-0.1, -0.05) is 13.3 Å². The van der Waals surface area contributed by atoms with E-state index in [9.17, 15) is 4.79 Å². The van der Waals surface area contributed by atoms with Crippen LogP contribution in [0.1, 0.15) is 35.9 Å². The van der Waals surface area contributed by atoms with Gasteiger partial charge < -0.3 is 4.42 Å². The maximum Gasteiger partial charge on any atom is 0.150 e. The maximum atomic E-state index is 10.6. The van der Waals surface area contributed by atoms with Crippen LogP contribution in [0.15, 0.2) is 28.7 Å². The Morgan fingerprint density at radius 3 is 2.93 bits per heavy atom. The molecule has 2 aromatic rings. The number of hydrogen-bond acceptors (Lipinski definition) is 2. The van der Waals surface area contributed by atoms with Crippen LogP contribution < -0.4 is 0 Å². The zero-order valence-electron chi connectivity index (χ0n) is 8.82. The molecule has 0 N–H and O–H groups in total. The molecule has 0 unspecified atom stereocenters. The van der Waals surface area contributed by atoms with E-state index in [4.69, 9.17) is 4.42 Å². The van der Waals surface area contributed by atoms with E-state index >= 15 is 0 Å². The van der Waals surface area contributed by atoms with Gasteiger partial charge in [0.15, 0.2) is 0 Å². The van der Waals surface area contributed by atoms with Crippen LogP contribution in [0.3, 0.4) is 0 Å². The number of carbonyl (C=O) groups excluding carboxylic acids is 1. The lowest BCUT2D eigenvalue weighted by Crippen LogP contribution is -1.78. The summed E-state index contributed by atoms with van der Waals surface area (Å²) in [6.45, 7) is 2.16. The quantitative estimate of drug-likeness (QED) is 0.709. The number of aryl methyl sites for hydroxylation is 1. The van der Waals surface area contributed by atoms with Gasteiger partial charge in [0.2, 0.25) is 0 Å². The number of aldehydes is 1. The molecule has 0 aliphatic heterocycles. The summed E-state index contributed by atoms with van der Waals surface area (Å²) in [5.74, 6) is 1.01. The zero-order valence-corrected chi connectivity index (χ0v) is 8.82. The van der Waals surface area contributed by atoms with E-state index in [0.29, 0.717) is 5.56 Å². The molecule has 15 heavy (non-hydrogen) atoms. The van der Waals surface area contributed by atoms with Gasteiger partial charge in [0, 0.05) is 17.4 Å². The van der Waals surface area contributed by atoms with Gasteiger partial charge in [0.25, 0.3) is 0 Å². The fourth-order valence-electron chi connectivity index (χ4n) is 1.66. The van der Waals surface area contributed by atoms with E-state index in [0.717, 1.165) is 42.3 Å². The molecule has 1 heterocycles. The Morgan fingerprint density at radius 1 is 1.33 bits per heavy atom. The number of benzene rings is 1. The number of furan rings is 1. The van der Waals surface area contributed by atoms with E-state index in [1.807, 2.05) is 18.2 Å². The van der Waals surface area contributed by atoms with Crippen molar-refractivity contribution < 1.29 is 9.21 Å². The highest BCUT2D eigenvalue weighted by atomic mass is 16.3. The molecular weight excluding hydrogens is 188 g/mol. The molecule has 2 nitrogen and oxygen atoms in total. The predicted octanol–water partition coefficient (Wildman–Crippen LogP) is 3.59. The lowest BCUT2D eigenvalue weighted by Gasteiger charge is -1.91. The van der Waals surface area contributed by atoms with Crippen molar-refractivity contribution in [1.29, 1.82) is 0 Å². The Kier molecular flexibility index (Phi) is 2.86. The van der Waals surface area contributed by atoms with Gasteiger partial charge in [0.1, 0.15) is 17.6 Å². The first-order chi connectivity index (χ1) is 7.33. The molecule has 0 amide bonds. The molecule has 0 spiro atoms. The number of unbranched alkanes of at least 4 members (excludes halogenated alkanes) is 1. The molecule has 0 aliphatic carbocycles. The summed E-state index contributed by atoms with van der Waals surface area (Å²) in [6, 6.07) is 7.52. The third-order valence-corrected chi connectivity index (χ3v) is 2.50. The molecule has 0 bridgehead atoms. The Bertz CT molecular complexity index is 468. The van der Waals surface area contributed by atoms with E-state index in [1.54, 1.807) is 6.07 Å². The van der Waals surface area contributed by atoms with E-state index in [1.165, 1.54) is 0 Å². The highest BCUT2D eigenvalue weighted by molar-refractivity contribution is 5.86. The van der Waals surface area contributed by atoms with E-state index in [-0.39, 0.29) is 0 Å². The maximum absolute atomic E-state index is 10.6. The van der Waals surface area contributed by atoms with Crippen LogP contribution in [0, 0.1) is 0 Å². The third-order valence-electron chi connectivity index (χ3n) is 2.50. The summed E-state index contributed by atoms with van der Waals surface area (Å²) in [4.78, 5) is 10.6. The lowest BCUT2D eigenvalue weighted by atomic mass is 10.1. The minimum absolute atomic E-state index is 0.699. The first kappa shape index (κ1) is 9.97. The van der Waals surface area contributed by atoms with Gasteiger partial charge >= 0.3 is 0 Å². The summed E-state index contributed by atoms with van der Waals surface area (Å²) in [5.41, 5.74) is 1.57. The average molecular weight is 202 g/mol. The number of rotatable bonds is 4. The van der Waals surface area contributed by atoms with Crippen molar-refractivity contribution in [2.24, 2.45) is 0 Å². The zero-order chi connectivity index (χ0) is 10.7. The molecule has 1 aromatic heterocycles. The van der Waals surface area contributed by atoms with Gasteiger partial charge in [-0.2, -0.15) is 0 Å². The summed E-state index contributed by atoms with van der Waals surface area (Å²) in [7, 11) is 0.